The third-order valence-corrected chi connectivity index (χ3v) is 3.32. The zero-order valence-electron chi connectivity index (χ0n) is 12.8. The number of aryl methyl sites for hydroxylation is 2. The Kier molecular flexibility index (Phi) is 4.71. The molecule has 0 bridgehead atoms. The predicted molar refractivity (Wildman–Crippen MR) is 81.8 cm³/mol. The minimum absolute atomic E-state index is 0.751. The Labute approximate surface area is 120 Å². The molecule has 2 rings (SSSR count). The van der Waals surface area contributed by atoms with Gasteiger partial charge in [0.25, 0.3) is 0 Å². The molecule has 2 aromatic rings. The van der Waals surface area contributed by atoms with E-state index in [-0.39, 0.29) is 0 Å². The minimum Gasteiger partial charge on any atom is -0.370 e. The summed E-state index contributed by atoms with van der Waals surface area (Å²) < 4.78 is 2.11. The number of nitrogens with one attached hydrogen (secondary N) is 1. The molecule has 0 fully saturated rings. The van der Waals surface area contributed by atoms with Crippen molar-refractivity contribution in [2.45, 2.75) is 47.1 Å². The summed E-state index contributed by atoms with van der Waals surface area (Å²) in [6, 6.07) is 0. The van der Waals surface area contributed by atoms with Crippen molar-refractivity contribution in [2.75, 3.05) is 11.9 Å². The first kappa shape index (κ1) is 14.5. The normalized spacial score (nSPS) is 10.8. The van der Waals surface area contributed by atoms with Gasteiger partial charge in [0, 0.05) is 24.3 Å². The molecule has 2 aromatic heterocycles. The molecule has 20 heavy (non-hydrogen) atoms. The van der Waals surface area contributed by atoms with Crippen LogP contribution in [0.25, 0.3) is 11.5 Å². The summed E-state index contributed by atoms with van der Waals surface area (Å²) in [5, 5.41) is 3.34. The first-order valence-electron chi connectivity index (χ1n) is 7.33. The highest BCUT2D eigenvalue weighted by atomic mass is 15.1. The molecule has 5 nitrogen and oxygen atoms in total. The van der Waals surface area contributed by atoms with Crippen LogP contribution in [0.4, 0.5) is 5.82 Å². The summed E-state index contributed by atoms with van der Waals surface area (Å²) in [5.74, 6) is 1.70. The van der Waals surface area contributed by atoms with Crippen LogP contribution in [0.5, 0.6) is 0 Å². The number of anilines is 1. The van der Waals surface area contributed by atoms with Gasteiger partial charge in [-0.2, -0.15) is 0 Å². The molecule has 0 aliphatic carbocycles. The topological polar surface area (TPSA) is 55.6 Å². The Morgan fingerprint density at radius 3 is 2.65 bits per heavy atom. The number of aromatic nitrogens is 4. The Bertz CT molecular complexity index is 574. The first-order valence-corrected chi connectivity index (χ1v) is 7.33. The van der Waals surface area contributed by atoms with Crippen molar-refractivity contribution in [3.05, 3.63) is 23.8 Å². The third-order valence-electron chi connectivity index (χ3n) is 3.32. The highest BCUT2D eigenvalue weighted by Gasteiger charge is 2.13. The molecule has 0 aromatic carbocycles. The van der Waals surface area contributed by atoms with Crippen LogP contribution in [0.15, 0.2) is 12.5 Å². The van der Waals surface area contributed by atoms with Crippen LogP contribution in [-0.4, -0.2) is 26.1 Å². The van der Waals surface area contributed by atoms with E-state index < -0.39 is 0 Å². The maximum atomic E-state index is 4.70. The summed E-state index contributed by atoms with van der Waals surface area (Å²) in [5.41, 5.74) is 3.21. The highest BCUT2D eigenvalue weighted by molar-refractivity contribution is 5.56. The van der Waals surface area contributed by atoms with Crippen LogP contribution in [0.2, 0.25) is 0 Å². The van der Waals surface area contributed by atoms with Gasteiger partial charge in [0.05, 0.1) is 12.5 Å². The number of nitrogens with zero attached hydrogens (tertiary/aromatic N) is 4. The fraction of sp³-hybridized carbons (Fsp3) is 0.533. The number of imidazole rings is 1. The monoisotopic (exact) mass is 273 g/mol. The smallest absolute Gasteiger partial charge is 0.180 e. The fourth-order valence-electron chi connectivity index (χ4n) is 2.37. The van der Waals surface area contributed by atoms with E-state index in [0.29, 0.717) is 0 Å². The van der Waals surface area contributed by atoms with Crippen molar-refractivity contribution in [2.24, 2.45) is 0 Å². The molecule has 0 amide bonds. The van der Waals surface area contributed by atoms with Gasteiger partial charge in [-0.05, 0) is 26.7 Å². The quantitative estimate of drug-likeness (QED) is 0.879. The molecule has 0 spiro atoms. The molecular weight excluding hydrogens is 250 g/mol. The highest BCUT2D eigenvalue weighted by Crippen LogP contribution is 2.22. The van der Waals surface area contributed by atoms with E-state index in [0.717, 1.165) is 49.0 Å². The van der Waals surface area contributed by atoms with Gasteiger partial charge in [-0.3, -0.25) is 0 Å². The second-order valence-electron chi connectivity index (χ2n) is 4.82. The zero-order chi connectivity index (χ0) is 14.5. The number of hydrogen-bond donors (Lipinski definition) is 1. The summed E-state index contributed by atoms with van der Waals surface area (Å²) in [6.45, 7) is 10.2. The van der Waals surface area contributed by atoms with Crippen molar-refractivity contribution in [3.63, 3.8) is 0 Å². The average molecular weight is 273 g/mol. The lowest BCUT2D eigenvalue weighted by molar-refractivity contribution is 0.681. The summed E-state index contributed by atoms with van der Waals surface area (Å²) in [6.07, 6.45) is 5.68. The Hall–Kier alpha value is -1.91. The lowest BCUT2D eigenvalue weighted by Gasteiger charge is -2.13. The predicted octanol–water partition coefficient (Wildman–Crippen LogP) is 3.05. The van der Waals surface area contributed by atoms with Crippen molar-refractivity contribution in [3.8, 4) is 11.5 Å². The van der Waals surface area contributed by atoms with Crippen LogP contribution in [-0.2, 0) is 13.0 Å². The van der Waals surface area contributed by atoms with Gasteiger partial charge in [-0.15, -0.1) is 0 Å². The van der Waals surface area contributed by atoms with Crippen molar-refractivity contribution < 1.29 is 0 Å². The summed E-state index contributed by atoms with van der Waals surface area (Å²) >= 11 is 0. The largest absolute Gasteiger partial charge is 0.370 e. The molecule has 0 saturated heterocycles. The third kappa shape index (κ3) is 2.81. The van der Waals surface area contributed by atoms with E-state index in [2.05, 4.69) is 40.6 Å². The molecule has 1 N–H and O–H groups in total. The SMILES string of the molecule is CCCn1cncc1-c1nc(C)c(CC)c(NCC)n1. The summed E-state index contributed by atoms with van der Waals surface area (Å²) in [4.78, 5) is 13.6. The summed E-state index contributed by atoms with van der Waals surface area (Å²) in [7, 11) is 0. The Morgan fingerprint density at radius 1 is 1.20 bits per heavy atom. The Balaban J connectivity index is 2.49. The van der Waals surface area contributed by atoms with E-state index in [4.69, 9.17) is 4.98 Å². The second-order valence-corrected chi connectivity index (χ2v) is 4.82. The lowest BCUT2D eigenvalue weighted by Crippen LogP contribution is -2.09. The second kappa shape index (κ2) is 6.50. The van der Waals surface area contributed by atoms with Gasteiger partial charge in [-0.25, -0.2) is 15.0 Å². The number of rotatable bonds is 6. The molecule has 108 valence electrons. The van der Waals surface area contributed by atoms with Crippen molar-refractivity contribution >= 4 is 5.82 Å². The molecule has 0 saturated carbocycles. The van der Waals surface area contributed by atoms with Crippen LogP contribution < -0.4 is 5.32 Å². The molecule has 0 aliphatic heterocycles. The van der Waals surface area contributed by atoms with E-state index >= 15 is 0 Å². The molecule has 0 unspecified atom stereocenters. The van der Waals surface area contributed by atoms with Gasteiger partial charge >= 0.3 is 0 Å². The number of hydrogen-bond acceptors (Lipinski definition) is 4. The molecule has 5 heteroatoms. The first-order chi connectivity index (χ1) is 9.71. The lowest BCUT2D eigenvalue weighted by atomic mass is 10.1. The van der Waals surface area contributed by atoms with Crippen molar-refractivity contribution in [1.82, 2.24) is 19.5 Å². The fourth-order valence-corrected chi connectivity index (χ4v) is 2.37. The average Bonchev–Trinajstić information content (AvgIpc) is 2.87. The van der Waals surface area contributed by atoms with Crippen molar-refractivity contribution in [1.29, 1.82) is 0 Å². The van der Waals surface area contributed by atoms with Crippen LogP contribution >= 0.6 is 0 Å². The van der Waals surface area contributed by atoms with Crippen LogP contribution in [0.3, 0.4) is 0 Å². The molecular formula is C15H23N5. The van der Waals surface area contributed by atoms with Gasteiger partial charge in [-0.1, -0.05) is 13.8 Å². The van der Waals surface area contributed by atoms with E-state index in [1.807, 2.05) is 19.4 Å². The molecule has 0 radical (unpaired) electrons. The Morgan fingerprint density at radius 2 is 2.00 bits per heavy atom. The van der Waals surface area contributed by atoms with Gasteiger partial charge in [0.2, 0.25) is 0 Å². The van der Waals surface area contributed by atoms with E-state index in [1.165, 1.54) is 5.56 Å². The molecule has 0 aliphatic rings. The van der Waals surface area contributed by atoms with E-state index in [9.17, 15) is 0 Å². The maximum absolute atomic E-state index is 4.70. The molecule has 0 atom stereocenters. The standard InChI is InChI=1S/C15H23N5/c1-5-8-20-10-16-9-13(20)15-18-11(4)12(6-2)14(19-15)17-7-3/h9-10H,5-8H2,1-4H3,(H,17,18,19). The van der Waals surface area contributed by atoms with Gasteiger partial charge in [0.1, 0.15) is 11.5 Å². The zero-order valence-corrected chi connectivity index (χ0v) is 12.8. The van der Waals surface area contributed by atoms with Gasteiger partial charge < -0.3 is 9.88 Å². The van der Waals surface area contributed by atoms with Crippen LogP contribution in [0, 0.1) is 6.92 Å². The maximum Gasteiger partial charge on any atom is 0.180 e. The van der Waals surface area contributed by atoms with E-state index in [1.54, 1.807) is 0 Å². The van der Waals surface area contributed by atoms with Crippen LogP contribution in [0.1, 0.15) is 38.4 Å². The minimum atomic E-state index is 0.751. The molecule has 2 heterocycles. The van der Waals surface area contributed by atoms with Gasteiger partial charge in [0.15, 0.2) is 5.82 Å².